The highest BCUT2D eigenvalue weighted by Crippen LogP contribution is 2.51. The summed E-state index contributed by atoms with van der Waals surface area (Å²) in [4.78, 5) is 11.1. The van der Waals surface area contributed by atoms with Crippen LogP contribution < -0.4 is 0 Å². The molecule has 0 bridgehead atoms. The summed E-state index contributed by atoms with van der Waals surface area (Å²) in [6.07, 6.45) is 4.79. The molecule has 2 aliphatic carbocycles. The van der Waals surface area contributed by atoms with Crippen LogP contribution in [0.25, 0.3) is 0 Å². The van der Waals surface area contributed by atoms with E-state index < -0.39 is 11.6 Å². The summed E-state index contributed by atoms with van der Waals surface area (Å²) >= 11 is 0. The molecule has 0 radical (unpaired) electrons. The van der Waals surface area contributed by atoms with Crippen LogP contribution >= 0.6 is 0 Å². The second-order valence-electron chi connectivity index (χ2n) is 6.50. The van der Waals surface area contributed by atoms with Crippen molar-refractivity contribution >= 4 is 5.97 Å². The van der Waals surface area contributed by atoms with Gasteiger partial charge < -0.3 is 10.2 Å². The number of aliphatic hydroxyl groups is 1. The van der Waals surface area contributed by atoms with Crippen LogP contribution in [0.2, 0.25) is 0 Å². The Bertz CT molecular complexity index is 359. The van der Waals surface area contributed by atoms with Gasteiger partial charge in [-0.2, -0.15) is 0 Å². The maximum absolute atomic E-state index is 11.1. The summed E-state index contributed by atoms with van der Waals surface area (Å²) in [6, 6.07) is 0. The summed E-state index contributed by atoms with van der Waals surface area (Å²) in [7, 11) is 0. The van der Waals surface area contributed by atoms with Crippen molar-refractivity contribution in [3.63, 3.8) is 0 Å². The fraction of sp³-hybridized carbons (Fsp3) is 0.800. The summed E-state index contributed by atoms with van der Waals surface area (Å²) in [5.41, 5.74) is -0.309. The molecule has 2 aliphatic rings. The van der Waals surface area contributed by atoms with E-state index in [0.717, 1.165) is 25.7 Å². The number of aliphatic carboxylic acids is 1. The van der Waals surface area contributed by atoms with E-state index in [2.05, 4.69) is 13.5 Å². The summed E-state index contributed by atoms with van der Waals surface area (Å²) in [5, 5.41) is 19.6. The van der Waals surface area contributed by atoms with Crippen LogP contribution in [0, 0.1) is 23.7 Å². The van der Waals surface area contributed by atoms with Crippen molar-refractivity contribution in [3.8, 4) is 0 Å². The highest BCUT2D eigenvalue weighted by atomic mass is 16.4. The van der Waals surface area contributed by atoms with E-state index in [0.29, 0.717) is 17.4 Å². The average molecular weight is 252 g/mol. The number of carboxylic acids is 1. The van der Waals surface area contributed by atoms with Crippen LogP contribution in [0.3, 0.4) is 0 Å². The highest BCUT2D eigenvalue weighted by Gasteiger charge is 2.47. The predicted octanol–water partition coefficient (Wildman–Crippen LogP) is 2.84. The van der Waals surface area contributed by atoms with Crippen LogP contribution in [-0.2, 0) is 4.79 Å². The van der Waals surface area contributed by atoms with Crippen LogP contribution in [0.5, 0.6) is 0 Å². The minimum atomic E-state index is -0.888. The van der Waals surface area contributed by atoms with Crippen molar-refractivity contribution in [2.75, 3.05) is 0 Å². The topological polar surface area (TPSA) is 57.5 Å². The zero-order chi connectivity index (χ0) is 13.5. The number of fused-ring (bicyclic) bond motifs is 1. The van der Waals surface area contributed by atoms with Gasteiger partial charge in [0.25, 0.3) is 0 Å². The summed E-state index contributed by atoms with van der Waals surface area (Å²) in [5.74, 6) is 0.406. The lowest BCUT2D eigenvalue weighted by Crippen LogP contribution is -2.48. The molecule has 0 heterocycles. The highest BCUT2D eigenvalue weighted by molar-refractivity contribution is 5.86. The monoisotopic (exact) mass is 252 g/mol. The molecule has 4 unspecified atom stereocenters. The first-order chi connectivity index (χ1) is 8.33. The lowest BCUT2D eigenvalue weighted by atomic mass is 9.57. The molecular weight excluding hydrogens is 228 g/mol. The molecule has 0 amide bonds. The fourth-order valence-corrected chi connectivity index (χ4v) is 4.14. The summed E-state index contributed by atoms with van der Waals surface area (Å²) in [6.45, 7) is 7.83. The van der Waals surface area contributed by atoms with E-state index in [1.54, 1.807) is 0 Å². The van der Waals surface area contributed by atoms with Gasteiger partial charge in [-0.15, -0.1) is 0 Å². The first-order valence-electron chi connectivity index (χ1n) is 6.97. The maximum atomic E-state index is 11.1. The van der Waals surface area contributed by atoms with E-state index in [9.17, 15) is 9.90 Å². The van der Waals surface area contributed by atoms with E-state index >= 15 is 0 Å². The molecule has 3 nitrogen and oxygen atoms in total. The standard InChI is InChI=1S/C15H24O3/c1-9-7-11(10(2)14(16)17)8-13-12(9)5-4-6-15(13,3)18/h9,11-13,18H,2,4-8H2,1,3H3,(H,16,17)/t9-,11?,12?,13?,15?/m0/s1. The molecule has 0 aromatic rings. The van der Waals surface area contributed by atoms with Gasteiger partial charge >= 0.3 is 5.97 Å². The Morgan fingerprint density at radius 2 is 2.06 bits per heavy atom. The second kappa shape index (κ2) is 4.69. The smallest absolute Gasteiger partial charge is 0.331 e. The largest absolute Gasteiger partial charge is 0.478 e. The molecule has 0 aliphatic heterocycles. The number of carbonyl (C=O) groups is 1. The van der Waals surface area contributed by atoms with Crippen LogP contribution in [0.15, 0.2) is 12.2 Å². The molecule has 2 saturated carbocycles. The van der Waals surface area contributed by atoms with E-state index in [-0.39, 0.29) is 11.8 Å². The molecule has 0 aromatic carbocycles. The Morgan fingerprint density at radius 3 is 2.67 bits per heavy atom. The Morgan fingerprint density at radius 1 is 1.39 bits per heavy atom. The van der Waals surface area contributed by atoms with Crippen LogP contribution in [0.1, 0.15) is 46.0 Å². The van der Waals surface area contributed by atoms with Gasteiger partial charge in [-0.1, -0.05) is 19.9 Å². The van der Waals surface area contributed by atoms with Gasteiger partial charge in [0.05, 0.1) is 5.60 Å². The van der Waals surface area contributed by atoms with Gasteiger partial charge in [0.15, 0.2) is 0 Å². The van der Waals surface area contributed by atoms with Crippen molar-refractivity contribution in [1.29, 1.82) is 0 Å². The van der Waals surface area contributed by atoms with Crippen LogP contribution in [-0.4, -0.2) is 21.8 Å². The third-order valence-electron chi connectivity index (χ3n) is 5.23. The Balaban J connectivity index is 2.18. The van der Waals surface area contributed by atoms with Gasteiger partial charge in [-0.05, 0) is 56.3 Å². The first kappa shape index (κ1) is 13.6. The normalized spacial score (nSPS) is 44.2. The molecule has 0 aromatic heterocycles. The Labute approximate surface area is 109 Å². The Hall–Kier alpha value is -0.830. The second-order valence-corrected chi connectivity index (χ2v) is 6.50. The minimum absolute atomic E-state index is 0.0309. The third-order valence-corrected chi connectivity index (χ3v) is 5.23. The molecular formula is C15H24O3. The number of hydrogen-bond acceptors (Lipinski definition) is 2. The average Bonchev–Trinajstić information content (AvgIpc) is 2.28. The van der Waals surface area contributed by atoms with Gasteiger partial charge in [-0.3, -0.25) is 0 Å². The number of carboxylic acid groups (broad SMARTS) is 1. The SMILES string of the molecule is C=C(C(=O)O)C1CC2C(CCCC2(C)O)[C@@H](C)C1. The predicted molar refractivity (Wildman–Crippen MR) is 70.1 cm³/mol. The zero-order valence-corrected chi connectivity index (χ0v) is 11.4. The fourth-order valence-electron chi connectivity index (χ4n) is 4.14. The molecule has 102 valence electrons. The number of hydrogen-bond donors (Lipinski definition) is 2. The molecule has 2 N–H and O–H groups in total. The molecule has 5 atom stereocenters. The van der Waals surface area contributed by atoms with Gasteiger partial charge in [0.2, 0.25) is 0 Å². The molecule has 0 saturated heterocycles. The van der Waals surface area contributed by atoms with E-state index in [4.69, 9.17) is 5.11 Å². The number of rotatable bonds is 2. The maximum Gasteiger partial charge on any atom is 0.331 e. The van der Waals surface area contributed by atoms with Gasteiger partial charge in [0.1, 0.15) is 0 Å². The van der Waals surface area contributed by atoms with Crippen molar-refractivity contribution in [2.24, 2.45) is 23.7 Å². The molecule has 2 fully saturated rings. The van der Waals surface area contributed by atoms with Crippen molar-refractivity contribution in [1.82, 2.24) is 0 Å². The van der Waals surface area contributed by atoms with E-state index in [1.165, 1.54) is 6.42 Å². The molecule has 3 heteroatoms. The van der Waals surface area contributed by atoms with E-state index in [1.807, 2.05) is 6.92 Å². The molecule has 0 spiro atoms. The van der Waals surface area contributed by atoms with Crippen molar-refractivity contribution in [2.45, 2.75) is 51.6 Å². The van der Waals surface area contributed by atoms with Crippen LogP contribution in [0.4, 0.5) is 0 Å². The van der Waals surface area contributed by atoms with Gasteiger partial charge in [-0.25, -0.2) is 4.79 Å². The minimum Gasteiger partial charge on any atom is -0.478 e. The Kier molecular flexibility index (Phi) is 3.54. The lowest BCUT2D eigenvalue weighted by molar-refractivity contribution is -0.134. The molecule has 2 rings (SSSR count). The quantitative estimate of drug-likeness (QED) is 0.743. The summed E-state index contributed by atoms with van der Waals surface area (Å²) < 4.78 is 0. The first-order valence-corrected chi connectivity index (χ1v) is 6.97. The van der Waals surface area contributed by atoms with Gasteiger partial charge in [0, 0.05) is 5.57 Å². The third kappa shape index (κ3) is 2.33. The van der Waals surface area contributed by atoms with Crippen molar-refractivity contribution < 1.29 is 15.0 Å². The lowest BCUT2D eigenvalue weighted by Gasteiger charge is -2.50. The molecule has 18 heavy (non-hydrogen) atoms. The van der Waals surface area contributed by atoms with Crippen molar-refractivity contribution in [3.05, 3.63) is 12.2 Å². The zero-order valence-electron chi connectivity index (χ0n) is 11.4.